The predicted molar refractivity (Wildman–Crippen MR) is 93.5 cm³/mol. The molecule has 0 aliphatic heterocycles. The number of carbonyl (C=O) groups is 1. The molecule has 9 heteroatoms. The SMILES string of the molecule is CS(=O)(=O)ONC(=N)NC(=O)/C(=C/c1ccccc1)c1cccnc1. The second-order valence-electron chi connectivity index (χ2n) is 4.93. The molecule has 0 saturated carbocycles. The van der Waals surface area contributed by atoms with E-state index in [4.69, 9.17) is 5.41 Å². The Hall–Kier alpha value is -3.04. The quantitative estimate of drug-likeness (QED) is 0.318. The number of aromatic nitrogens is 1. The second-order valence-corrected chi connectivity index (χ2v) is 6.50. The summed E-state index contributed by atoms with van der Waals surface area (Å²) in [5.74, 6) is -1.23. The van der Waals surface area contributed by atoms with Crippen molar-refractivity contribution >= 4 is 33.6 Å². The highest BCUT2D eigenvalue weighted by molar-refractivity contribution is 7.85. The molecule has 0 bridgehead atoms. The van der Waals surface area contributed by atoms with Crippen LogP contribution < -0.4 is 10.8 Å². The van der Waals surface area contributed by atoms with Crippen LogP contribution in [0.25, 0.3) is 11.6 Å². The molecule has 0 aliphatic carbocycles. The first-order chi connectivity index (χ1) is 11.8. The van der Waals surface area contributed by atoms with Gasteiger partial charge in [-0.2, -0.15) is 8.42 Å². The van der Waals surface area contributed by atoms with Crippen molar-refractivity contribution in [2.24, 2.45) is 0 Å². The number of pyridine rings is 1. The molecular weight excluding hydrogens is 344 g/mol. The Morgan fingerprint density at radius 2 is 1.92 bits per heavy atom. The van der Waals surface area contributed by atoms with Crippen LogP contribution >= 0.6 is 0 Å². The molecule has 1 amide bonds. The van der Waals surface area contributed by atoms with E-state index in [0.29, 0.717) is 5.56 Å². The summed E-state index contributed by atoms with van der Waals surface area (Å²) < 4.78 is 26.1. The van der Waals surface area contributed by atoms with Crippen molar-refractivity contribution in [1.29, 1.82) is 5.41 Å². The second kappa shape index (κ2) is 8.18. The molecule has 25 heavy (non-hydrogen) atoms. The summed E-state index contributed by atoms with van der Waals surface area (Å²) in [5, 5.41) is 9.78. The number of hydrogen-bond donors (Lipinski definition) is 3. The summed E-state index contributed by atoms with van der Waals surface area (Å²) in [4.78, 5) is 16.5. The molecule has 0 atom stereocenters. The van der Waals surface area contributed by atoms with E-state index >= 15 is 0 Å². The molecule has 0 radical (unpaired) electrons. The van der Waals surface area contributed by atoms with Crippen LogP contribution in [0.5, 0.6) is 0 Å². The van der Waals surface area contributed by atoms with Crippen LogP contribution in [-0.2, 0) is 19.2 Å². The molecular formula is C16H16N4O4S. The maximum atomic E-state index is 12.5. The Morgan fingerprint density at radius 3 is 2.52 bits per heavy atom. The maximum absolute atomic E-state index is 12.5. The van der Waals surface area contributed by atoms with Gasteiger partial charge in [-0.1, -0.05) is 36.4 Å². The Bertz CT molecular complexity index is 881. The number of rotatable bonds is 5. The van der Waals surface area contributed by atoms with Gasteiger partial charge in [-0.25, -0.2) is 5.48 Å². The first-order valence-electron chi connectivity index (χ1n) is 7.06. The third-order valence-electron chi connectivity index (χ3n) is 2.86. The molecule has 0 unspecified atom stereocenters. The number of hydroxylamine groups is 1. The van der Waals surface area contributed by atoms with Gasteiger partial charge in [0.05, 0.1) is 6.26 Å². The molecule has 0 aliphatic rings. The normalized spacial score (nSPS) is 11.6. The van der Waals surface area contributed by atoms with Crippen molar-refractivity contribution in [2.45, 2.75) is 0 Å². The third-order valence-corrected chi connectivity index (χ3v) is 3.25. The summed E-state index contributed by atoms with van der Waals surface area (Å²) in [6.07, 6.45) is 5.53. The molecule has 0 saturated heterocycles. The average Bonchev–Trinajstić information content (AvgIpc) is 2.59. The molecule has 8 nitrogen and oxygen atoms in total. The molecule has 1 aromatic carbocycles. The van der Waals surface area contributed by atoms with E-state index in [2.05, 4.69) is 14.6 Å². The zero-order valence-electron chi connectivity index (χ0n) is 13.3. The van der Waals surface area contributed by atoms with Gasteiger partial charge < -0.3 is 0 Å². The van der Waals surface area contributed by atoms with Gasteiger partial charge in [-0.3, -0.25) is 20.5 Å². The zero-order chi connectivity index (χ0) is 18.3. The van der Waals surface area contributed by atoms with E-state index in [0.717, 1.165) is 11.8 Å². The standard InChI is InChI=1S/C16H16N4O4S/c1-25(22,23)24-20-16(17)19-15(21)14(13-8-5-9-18-11-13)10-12-6-3-2-4-7-12/h2-11H,1H3,(H3,17,19,20,21)/b14-10+. The van der Waals surface area contributed by atoms with Crippen LogP contribution in [0.2, 0.25) is 0 Å². The largest absolute Gasteiger partial charge is 0.291 e. The Morgan fingerprint density at radius 1 is 1.20 bits per heavy atom. The van der Waals surface area contributed by atoms with Gasteiger partial charge in [-0.15, -0.1) is 4.28 Å². The number of nitrogens with zero attached hydrogens (tertiary/aromatic N) is 1. The van der Waals surface area contributed by atoms with Gasteiger partial charge in [0.25, 0.3) is 16.0 Å². The predicted octanol–water partition coefficient (Wildman–Crippen LogP) is 1.15. The fourth-order valence-corrected chi connectivity index (χ4v) is 2.08. The number of carbonyl (C=O) groups excluding carboxylic acids is 1. The fraction of sp³-hybridized carbons (Fsp3) is 0.0625. The Labute approximate surface area is 145 Å². The van der Waals surface area contributed by atoms with E-state index < -0.39 is 22.0 Å². The fourth-order valence-electron chi connectivity index (χ4n) is 1.84. The summed E-state index contributed by atoms with van der Waals surface area (Å²) in [7, 11) is -3.80. The van der Waals surface area contributed by atoms with Crippen molar-refractivity contribution in [3.63, 3.8) is 0 Å². The lowest BCUT2D eigenvalue weighted by Crippen LogP contribution is -2.41. The monoisotopic (exact) mass is 360 g/mol. The molecule has 1 aromatic heterocycles. The number of benzene rings is 1. The van der Waals surface area contributed by atoms with Crippen molar-refractivity contribution < 1.29 is 17.5 Å². The van der Waals surface area contributed by atoms with E-state index in [9.17, 15) is 13.2 Å². The molecule has 3 N–H and O–H groups in total. The minimum absolute atomic E-state index is 0.255. The Balaban J connectivity index is 2.22. The smallest absolute Gasteiger partial charge is 0.285 e. The first-order valence-corrected chi connectivity index (χ1v) is 8.88. The van der Waals surface area contributed by atoms with Gasteiger partial charge in [0, 0.05) is 23.5 Å². The molecule has 1 heterocycles. The van der Waals surface area contributed by atoms with Gasteiger partial charge in [0.15, 0.2) is 0 Å². The van der Waals surface area contributed by atoms with Crippen molar-refractivity contribution in [3.05, 3.63) is 66.0 Å². The van der Waals surface area contributed by atoms with E-state index in [1.807, 2.05) is 35.8 Å². The third kappa shape index (κ3) is 6.16. The van der Waals surface area contributed by atoms with E-state index in [-0.39, 0.29) is 5.57 Å². The van der Waals surface area contributed by atoms with Crippen LogP contribution in [-0.4, -0.2) is 31.5 Å². The number of amides is 1. The maximum Gasteiger partial charge on any atom is 0.285 e. The summed E-state index contributed by atoms with van der Waals surface area (Å²) in [6, 6.07) is 12.5. The van der Waals surface area contributed by atoms with Gasteiger partial charge in [0.2, 0.25) is 5.96 Å². The number of guanidine groups is 1. The first kappa shape index (κ1) is 18.3. The van der Waals surface area contributed by atoms with Crippen LogP contribution in [0.3, 0.4) is 0 Å². The van der Waals surface area contributed by atoms with Gasteiger partial charge in [-0.05, 0) is 17.7 Å². The molecule has 0 spiro atoms. The van der Waals surface area contributed by atoms with Gasteiger partial charge in [0.1, 0.15) is 0 Å². The van der Waals surface area contributed by atoms with Crippen LogP contribution in [0.15, 0.2) is 54.9 Å². The van der Waals surface area contributed by atoms with E-state index in [1.54, 1.807) is 24.4 Å². The lowest BCUT2D eigenvalue weighted by atomic mass is 10.0. The number of nitrogens with one attached hydrogen (secondary N) is 3. The Kier molecular flexibility index (Phi) is 5.98. The summed E-state index contributed by atoms with van der Waals surface area (Å²) in [6.45, 7) is 0. The molecule has 2 aromatic rings. The van der Waals surface area contributed by atoms with Crippen LogP contribution in [0, 0.1) is 5.41 Å². The highest BCUT2D eigenvalue weighted by Crippen LogP contribution is 2.17. The van der Waals surface area contributed by atoms with Crippen LogP contribution in [0.4, 0.5) is 0 Å². The minimum Gasteiger partial charge on any atom is -0.291 e. The zero-order valence-corrected chi connectivity index (χ0v) is 14.1. The topological polar surface area (TPSA) is 121 Å². The van der Waals surface area contributed by atoms with Crippen molar-refractivity contribution in [2.75, 3.05) is 6.26 Å². The lowest BCUT2D eigenvalue weighted by molar-refractivity contribution is -0.114. The average molecular weight is 360 g/mol. The highest BCUT2D eigenvalue weighted by atomic mass is 32.2. The molecule has 0 fully saturated rings. The van der Waals surface area contributed by atoms with Gasteiger partial charge >= 0.3 is 0 Å². The lowest BCUT2D eigenvalue weighted by Gasteiger charge is -2.11. The molecule has 130 valence electrons. The summed E-state index contributed by atoms with van der Waals surface area (Å²) >= 11 is 0. The van der Waals surface area contributed by atoms with Crippen molar-refractivity contribution in [1.82, 2.24) is 15.8 Å². The van der Waals surface area contributed by atoms with E-state index in [1.165, 1.54) is 6.20 Å². The van der Waals surface area contributed by atoms with Crippen LogP contribution in [0.1, 0.15) is 11.1 Å². The molecule has 2 rings (SSSR count). The summed E-state index contributed by atoms with van der Waals surface area (Å²) in [5.41, 5.74) is 3.42. The highest BCUT2D eigenvalue weighted by Gasteiger charge is 2.15. The number of hydrogen-bond acceptors (Lipinski definition) is 6. The minimum atomic E-state index is -3.80. The van der Waals surface area contributed by atoms with Crippen molar-refractivity contribution in [3.8, 4) is 0 Å².